The van der Waals surface area contributed by atoms with Gasteiger partial charge in [0.25, 0.3) is 5.91 Å². The molecule has 1 unspecified atom stereocenters. The number of hydrogen-bond acceptors (Lipinski definition) is 3. The maximum Gasteiger partial charge on any atom is 0.336 e. The topological polar surface area (TPSA) is 69.6 Å². The summed E-state index contributed by atoms with van der Waals surface area (Å²) >= 11 is 0. The Labute approximate surface area is 200 Å². The van der Waals surface area contributed by atoms with Crippen molar-refractivity contribution in [2.45, 2.75) is 57.0 Å². The molecule has 174 valence electrons. The van der Waals surface area contributed by atoms with Gasteiger partial charge in [0.15, 0.2) is 0 Å². The molecule has 1 heterocycles. The average Bonchev–Trinajstić information content (AvgIpc) is 3.18. The predicted molar refractivity (Wildman–Crippen MR) is 134 cm³/mol. The van der Waals surface area contributed by atoms with Crippen LogP contribution < -0.4 is 5.32 Å². The molecule has 5 rings (SSSR count). The third kappa shape index (κ3) is 3.65. The Hall–Kier alpha value is -3.60. The highest BCUT2D eigenvalue weighted by Gasteiger charge is 2.52. The Balaban J connectivity index is 1.68. The van der Waals surface area contributed by atoms with Crippen molar-refractivity contribution in [2.24, 2.45) is 0 Å². The van der Waals surface area contributed by atoms with Gasteiger partial charge < -0.3 is 15.3 Å². The molecular weight excluding hydrogens is 424 g/mol. The van der Waals surface area contributed by atoms with Crippen LogP contribution in [0, 0.1) is 0 Å². The van der Waals surface area contributed by atoms with Gasteiger partial charge in [-0.05, 0) is 36.3 Å². The van der Waals surface area contributed by atoms with Gasteiger partial charge in [0.2, 0.25) is 0 Å². The first kappa shape index (κ1) is 22.2. The summed E-state index contributed by atoms with van der Waals surface area (Å²) in [5.74, 6) is -1.28. The molecule has 1 saturated carbocycles. The minimum atomic E-state index is -1.06. The van der Waals surface area contributed by atoms with Crippen LogP contribution in [-0.4, -0.2) is 27.4 Å². The fourth-order valence-corrected chi connectivity index (χ4v) is 5.85. The normalized spacial score (nSPS) is 20.1. The van der Waals surface area contributed by atoms with Gasteiger partial charge in [0, 0.05) is 16.6 Å². The zero-order valence-corrected chi connectivity index (χ0v) is 19.5. The number of carbonyl (C=O) groups excluding carboxylic acids is 1. The van der Waals surface area contributed by atoms with Crippen molar-refractivity contribution in [3.63, 3.8) is 0 Å². The number of nitrogens with zero attached hydrogens (tertiary/aromatic N) is 1. The number of carboxylic acid groups (broad SMARTS) is 1. The summed E-state index contributed by atoms with van der Waals surface area (Å²) in [7, 11) is 0. The number of anilines is 1. The fourth-order valence-electron chi connectivity index (χ4n) is 5.85. The van der Waals surface area contributed by atoms with Crippen LogP contribution in [0.25, 0.3) is 10.8 Å². The van der Waals surface area contributed by atoms with Crippen molar-refractivity contribution < 1.29 is 14.7 Å². The molecule has 0 spiro atoms. The van der Waals surface area contributed by atoms with E-state index in [-0.39, 0.29) is 22.7 Å². The van der Waals surface area contributed by atoms with Gasteiger partial charge in [0.05, 0.1) is 11.6 Å². The van der Waals surface area contributed by atoms with Crippen molar-refractivity contribution in [2.75, 3.05) is 5.32 Å². The summed E-state index contributed by atoms with van der Waals surface area (Å²) in [5, 5.41) is 15.7. The number of hydrogen-bond donors (Lipinski definition) is 2. The van der Waals surface area contributed by atoms with E-state index in [1.165, 1.54) is 0 Å². The van der Waals surface area contributed by atoms with E-state index in [4.69, 9.17) is 0 Å². The number of amides is 1. The number of aliphatic carboxylic acids is 1. The summed E-state index contributed by atoms with van der Waals surface area (Å²) < 4.78 is 0. The van der Waals surface area contributed by atoms with Crippen molar-refractivity contribution in [3.8, 4) is 0 Å². The number of fused-ring (bicyclic) bond motifs is 1. The highest BCUT2D eigenvalue weighted by Crippen LogP contribution is 2.48. The van der Waals surface area contributed by atoms with E-state index in [2.05, 4.69) is 12.2 Å². The number of rotatable bonds is 6. The Kier molecular flexibility index (Phi) is 5.86. The average molecular weight is 455 g/mol. The fraction of sp³-hybridized carbons (Fsp3) is 0.310. The predicted octanol–water partition coefficient (Wildman–Crippen LogP) is 6.29. The Morgan fingerprint density at radius 2 is 1.65 bits per heavy atom. The van der Waals surface area contributed by atoms with E-state index < -0.39 is 12.0 Å². The van der Waals surface area contributed by atoms with E-state index in [9.17, 15) is 14.7 Å². The number of carbonyl (C=O) groups is 2. The third-order valence-corrected chi connectivity index (χ3v) is 7.58. The van der Waals surface area contributed by atoms with Crippen LogP contribution in [0.5, 0.6) is 0 Å². The van der Waals surface area contributed by atoms with Gasteiger partial charge in [0.1, 0.15) is 5.70 Å². The third-order valence-electron chi connectivity index (χ3n) is 7.58. The molecular formula is C29H30N2O3. The zero-order valence-electron chi connectivity index (χ0n) is 19.5. The Morgan fingerprint density at radius 1 is 0.971 bits per heavy atom. The maximum atomic E-state index is 14.2. The Morgan fingerprint density at radius 3 is 2.35 bits per heavy atom. The highest BCUT2D eigenvalue weighted by molar-refractivity contribution is 6.10. The molecule has 2 aliphatic rings. The molecule has 1 aliphatic carbocycles. The van der Waals surface area contributed by atoms with E-state index in [1.807, 2.05) is 77.7 Å². The summed E-state index contributed by atoms with van der Waals surface area (Å²) in [6.45, 7) is 2.12. The molecule has 0 aromatic heterocycles. The standard InChI is InChI=1S/C29H30N2O3/c1-2-29(18-9-4-10-19-29)31-26(21-13-5-3-6-14-21)24(28(33)34)25(27(31)32)30-23-17-11-15-20-12-7-8-16-22(20)23/h3,5-8,11-17,26,30H,2,4,9-10,18-19H2,1H3,(H,33,34). The highest BCUT2D eigenvalue weighted by atomic mass is 16.4. The van der Waals surface area contributed by atoms with Crippen LogP contribution in [0.3, 0.4) is 0 Å². The minimum Gasteiger partial charge on any atom is -0.478 e. The van der Waals surface area contributed by atoms with Gasteiger partial charge in [-0.25, -0.2) is 4.79 Å². The molecule has 3 aromatic carbocycles. The molecule has 1 atom stereocenters. The molecule has 0 saturated heterocycles. The van der Waals surface area contributed by atoms with E-state index >= 15 is 0 Å². The molecule has 34 heavy (non-hydrogen) atoms. The molecule has 0 bridgehead atoms. The van der Waals surface area contributed by atoms with Crippen LogP contribution in [0.4, 0.5) is 5.69 Å². The van der Waals surface area contributed by atoms with Crippen LogP contribution >= 0.6 is 0 Å². The molecule has 1 fully saturated rings. The Bertz CT molecular complexity index is 1250. The maximum absolute atomic E-state index is 14.2. The van der Waals surface area contributed by atoms with Crippen LogP contribution in [0.1, 0.15) is 57.1 Å². The van der Waals surface area contributed by atoms with Gasteiger partial charge in [-0.15, -0.1) is 0 Å². The molecule has 0 radical (unpaired) electrons. The van der Waals surface area contributed by atoms with E-state index in [0.717, 1.165) is 60.5 Å². The first-order valence-electron chi connectivity index (χ1n) is 12.2. The van der Waals surface area contributed by atoms with E-state index in [1.54, 1.807) is 0 Å². The number of nitrogens with one attached hydrogen (secondary N) is 1. The van der Waals surface area contributed by atoms with Gasteiger partial charge in [-0.3, -0.25) is 4.79 Å². The van der Waals surface area contributed by atoms with Crippen LogP contribution in [-0.2, 0) is 9.59 Å². The monoisotopic (exact) mass is 454 g/mol. The van der Waals surface area contributed by atoms with Gasteiger partial charge in [-0.1, -0.05) is 92.9 Å². The first-order chi connectivity index (χ1) is 16.6. The van der Waals surface area contributed by atoms with Crippen molar-refractivity contribution in [1.29, 1.82) is 0 Å². The van der Waals surface area contributed by atoms with Crippen LogP contribution in [0.2, 0.25) is 0 Å². The lowest BCUT2D eigenvalue weighted by molar-refractivity contribution is -0.136. The second kappa shape index (κ2) is 8.98. The lowest BCUT2D eigenvalue weighted by atomic mass is 9.77. The van der Waals surface area contributed by atoms with Crippen LogP contribution in [0.15, 0.2) is 84.1 Å². The molecule has 5 heteroatoms. The smallest absolute Gasteiger partial charge is 0.336 e. The second-order valence-corrected chi connectivity index (χ2v) is 9.37. The number of carboxylic acids is 1. The minimum absolute atomic E-state index is 0.127. The molecule has 5 nitrogen and oxygen atoms in total. The van der Waals surface area contributed by atoms with Crippen molar-refractivity contribution >= 4 is 28.3 Å². The SMILES string of the molecule is CCC1(N2C(=O)C(Nc3cccc4ccccc34)=C(C(=O)O)C2c2ccccc2)CCCCC1. The molecule has 1 aliphatic heterocycles. The quantitative estimate of drug-likeness (QED) is 0.459. The van der Waals surface area contributed by atoms with Crippen molar-refractivity contribution in [3.05, 3.63) is 89.6 Å². The second-order valence-electron chi connectivity index (χ2n) is 9.37. The first-order valence-corrected chi connectivity index (χ1v) is 12.2. The van der Waals surface area contributed by atoms with Gasteiger partial charge >= 0.3 is 5.97 Å². The van der Waals surface area contributed by atoms with E-state index in [0.29, 0.717) is 0 Å². The van der Waals surface area contributed by atoms with Gasteiger partial charge in [-0.2, -0.15) is 0 Å². The molecule has 1 amide bonds. The summed E-state index contributed by atoms with van der Waals surface area (Å²) in [6, 6.07) is 22.7. The summed E-state index contributed by atoms with van der Waals surface area (Å²) in [4.78, 5) is 28.8. The lowest BCUT2D eigenvalue weighted by Gasteiger charge is -2.47. The summed E-state index contributed by atoms with van der Waals surface area (Å²) in [5.41, 5.74) is 1.53. The summed E-state index contributed by atoms with van der Waals surface area (Å²) in [6.07, 6.45) is 5.85. The number of benzene rings is 3. The molecule has 3 aromatic rings. The zero-order chi connectivity index (χ0) is 23.7. The molecule has 2 N–H and O–H groups in total. The largest absolute Gasteiger partial charge is 0.478 e. The van der Waals surface area contributed by atoms with Crippen molar-refractivity contribution in [1.82, 2.24) is 4.90 Å². The lowest BCUT2D eigenvalue weighted by Crippen LogP contribution is -2.52.